The lowest BCUT2D eigenvalue weighted by Crippen LogP contribution is -2.07. The van der Waals surface area contributed by atoms with E-state index in [1.807, 2.05) is 6.92 Å². The summed E-state index contributed by atoms with van der Waals surface area (Å²) < 4.78 is 6.44. The molecule has 84 valence electrons. The van der Waals surface area contributed by atoms with E-state index in [4.69, 9.17) is 5.73 Å². The van der Waals surface area contributed by atoms with Crippen LogP contribution < -0.4 is 5.73 Å². The fraction of sp³-hybridized carbons (Fsp3) is 0.556. The first kappa shape index (κ1) is 9.32. The third kappa shape index (κ3) is 1.44. The lowest BCUT2D eigenvalue weighted by atomic mass is 10.2. The second-order valence-corrected chi connectivity index (χ2v) is 4.09. The lowest BCUT2D eigenvalue weighted by Gasteiger charge is -2.02. The molecule has 7 heteroatoms. The van der Waals surface area contributed by atoms with E-state index >= 15 is 0 Å². The number of nitrogens with two attached hydrogens (primary N) is 1. The van der Waals surface area contributed by atoms with Gasteiger partial charge in [0.2, 0.25) is 0 Å². The molecule has 0 aromatic carbocycles. The number of aromatic nitrogens is 5. The van der Waals surface area contributed by atoms with Gasteiger partial charge in [-0.1, -0.05) is 15.5 Å². The minimum absolute atomic E-state index is 0.509. The summed E-state index contributed by atoms with van der Waals surface area (Å²) >= 11 is 0. The maximum Gasteiger partial charge on any atom is 0.169 e. The summed E-state index contributed by atoms with van der Waals surface area (Å²) in [7, 11) is 0. The summed E-state index contributed by atoms with van der Waals surface area (Å²) in [6.07, 6.45) is 2.32. The Morgan fingerprint density at radius 1 is 1.44 bits per heavy atom. The molecule has 2 N–H and O–H groups in total. The molecule has 16 heavy (non-hydrogen) atoms. The van der Waals surface area contributed by atoms with Gasteiger partial charge in [0.15, 0.2) is 5.82 Å². The SMILES string of the molecule is Cc1nonc1Cn1nnc(N)c1C1CC1. The average Bonchev–Trinajstić information content (AvgIpc) is 2.92. The summed E-state index contributed by atoms with van der Waals surface area (Å²) in [4.78, 5) is 0. The highest BCUT2D eigenvalue weighted by atomic mass is 16.6. The van der Waals surface area contributed by atoms with Crippen molar-refractivity contribution in [1.29, 1.82) is 0 Å². The minimum atomic E-state index is 0.509. The predicted octanol–water partition coefficient (Wildman–Crippen LogP) is 0.477. The van der Waals surface area contributed by atoms with Crippen molar-refractivity contribution in [3.63, 3.8) is 0 Å². The average molecular weight is 220 g/mol. The van der Waals surface area contributed by atoms with Crippen molar-refractivity contribution in [2.24, 2.45) is 0 Å². The molecule has 1 saturated carbocycles. The molecule has 0 unspecified atom stereocenters. The van der Waals surface area contributed by atoms with Crippen LogP contribution >= 0.6 is 0 Å². The number of hydrogen-bond acceptors (Lipinski definition) is 6. The maximum absolute atomic E-state index is 5.80. The molecule has 1 aliphatic rings. The molecule has 1 fully saturated rings. The molecule has 2 aromatic rings. The Bertz CT molecular complexity index is 512. The van der Waals surface area contributed by atoms with Gasteiger partial charge in [0.25, 0.3) is 0 Å². The maximum atomic E-state index is 5.80. The number of aryl methyl sites for hydroxylation is 1. The Hall–Kier alpha value is -1.92. The first-order valence-electron chi connectivity index (χ1n) is 5.22. The fourth-order valence-electron chi connectivity index (χ4n) is 1.76. The summed E-state index contributed by atoms with van der Waals surface area (Å²) in [5.41, 5.74) is 8.36. The molecule has 0 bridgehead atoms. The van der Waals surface area contributed by atoms with Crippen LogP contribution in [-0.2, 0) is 6.54 Å². The van der Waals surface area contributed by atoms with Crippen molar-refractivity contribution in [2.75, 3.05) is 5.73 Å². The van der Waals surface area contributed by atoms with Gasteiger partial charge in [-0.15, -0.1) is 5.10 Å². The third-order valence-corrected chi connectivity index (χ3v) is 2.81. The van der Waals surface area contributed by atoms with E-state index in [0.717, 1.165) is 29.9 Å². The first-order chi connectivity index (χ1) is 7.75. The first-order valence-corrected chi connectivity index (χ1v) is 5.22. The highest BCUT2D eigenvalue weighted by molar-refractivity contribution is 5.38. The van der Waals surface area contributed by atoms with Crippen molar-refractivity contribution < 1.29 is 4.63 Å². The van der Waals surface area contributed by atoms with E-state index in [9.17, 15) is 0 Å². The molecule has 3 rings (SSSR count). The summed E-state index contributed by atoms with van der Waals surface area (Å²) in [6, 6.07) is 0. The van der Waals surface area contributed by atoms with E-state index in [1.54, 1.807) is 4.68 Å². The van der Waals surface area contributed by atoms with E-state index < -0.39 is 0 Å². The molecule has 7 nitrogen and oxygen atoms in total. The molecular weight excluding hydrogens is 208 g/mol. The van der Waals surface area contributed by atoms with Gasteiger partial charge in [-0.2, -0.15) is 0 Å². The van der Waals surface area contributed by atoms with Crippen LogP contribution in [0.1, 0.15) is 35.8 Å². The van der Waals surface area contributed by atoms with Gasteiger partial charge in [-0.25, -0.2) is 9.31 Å². The summed E-state index contributed by atoms with van der Waals surface area (Å²) in [6.45, 7) is 2.37. The van der Waals surface area contributed by atoms with Gasteiger partial charge in [0, 0.05) is 5.92 Å². The van der Waals surface area contributed by atoms with Crippen molar-refractivity contribution in [3.05, 3.63) is 17.1 Å². The van der Waals surface area contributed by atoms with Gasteiger partial charge in [-0.3, -0.25) is 0 Å². The van der Waals surface area contributed by atoms with E-state index in [-0.39, 0.29) is 0 Å². The standard InChI is InChI=1S/C9H12N6O/c1-5-7(13-16-12-5)4-15-8(6-2-3-6)9(10)11-14-15/h6H,2-4,10H2,1H3. The molecule has 0 spiro atoms. The lowest BCUT2D eigenvalue weighted by molar-refractivity contribution is 0.300. The smallest absolute Gasteiger partial charge is 0.169 e. The molecule has 0 radical (unpaired) electrons. The summed E-state index contributed by atoms with van der Waals surface area (Å²) in [5, 5.41) is 15.5. The van der Waals surface area contributed by atoms with Crippen LogP contribution in [0.3, 0.4) is 0 Å². The predicted molar refractivity (Wildman–Crippen MR) is 54.5 cm³/mol. The molecule has 0 aliphatic heterocycles. The quantitative estimate of drug-likeness (QED) is 0.808. The second-order valence-electron chi connectivity index (χ2n) is 4.09. The Balaban J connectivity index is 1.92. The Labute approximate surface area is 91.6 Å². The van der Waals surface area contributed by atoms with E-state index in [2.05, 4.69) is 25.3 Å². The molecule has 2 heterocycles. The fourth-order valence-corrected chi connectivity index (χ4v) is 1.76. The largest absolute Gasteiger partial charge is 0.381 e. The van der Waals surface area contributed by atoms with Crippen LogP contribution in [0.4, 0.5) is 5.82 Å². The number of rotatable bonds is 3. The Kier molecular flexibility index (Phi) is 1.92. The van der Waals surface area contributed by atoms with Gasteiger partial charge in [-0.05, 0) is 19.8 Å². The van der Waals surface area contributed by atoms with Crippen molar-refractivity contribution in [3.8, 4) is 0 Å². The number of hydrogen-bond donors (Lipinski definition) is 1. The topological polar surface area (TPSA) is 95.6 Å². The van der Waals surface area contributed by atoms with Crippen molar-refractivity contribution >= 4 is 5.82 Å². The number of nitrogens with zero attached hydrogens (tertiary/aromatic N) is 5. The number of nitrogen functional groups attached to an aromatic ring is 1. The molecule has 0 atom stereocenters. The van der Waals surface area contributed by atoms with Crippen LogP contribution in [0.2, 0.25) is 0 Å². The highest BCUT2D eigenvalue weighted by Gasteiger charge is 2.30. The van der Waals surface area contributed by atoms with E-state index in [1.165, 1.54) is 0 Å². The van der Waals surface area contributed by atoms with Crippen LogP contribution in [0, 0.1) is 6.92 Å². The van der Waals surface area contributed by atoms with Gasteiger partial charge in [0.1, 0.15) is 11.4 Å². The Morgan fingerprint density at radius 3 is 2.88 bits per heavy atom. The van der Waals surface area contributed by atoms with Crippen molar-refractivity contribution in [1.82, 2.24) is 25.3 Å². The molecule has 0 saturated heterocycles. The molecule has 2 aromatic heterocycles. The normalized spacial score (nSPS) is 15.6. The monoisotopic (exact) mass is 220 g/mol. The molecule has 0 amide bonds. The zero-order chi connectivity index (χ0) is 11.1. The summed E-state index contributed by atoms with van der Waals surface area (Å²) in [5.74, 6) is 1.03. The minimum Gasteiger partial charge on any atom is -0.381 e. The molecular formula is C9H12N6O. The van der Waals surface area contributed by atoms with Gasteiger partial charge >= 0.3 is 0 Å². The van der Waals surface area contributed by atoms with Crippen LogP contribution in [-0.4, -0.2) is 25.3 Å². The van der Waals surface area contributed by atoms with Crippen LogP contribution in [0.25, 0.3) is 0 Å². The molecule has 1 aliphatic carbocycles. The second kappa shape index (κ2) is 3.29. The van der Waals surface area contributed by atoms with Crippen LogP contribution in [0.15, 0.2) is 4.63 Å². The Morgan fingerprint density at radius 2 is 2.25 bits per heavy atom. The van der Waals surface area contributed by atoms with Crippen LogP contribution in [0.5, 0.6) is 0 Å². The number of anilines is 1. The zero-order valence-electron chi connectivity index (χ0n) is 8.92. The van der Waals surface area contributed by atoms with Gasteiger partial charge < -0.3 is 5.73 Å². The zero-order valence-corrected chi connectivity index (χ0v) is 8.92. The van der Waals surface area contributed by atoms with Gasteiger partial charge in [0.05, 0.1) is 12.2 Å². The third-order valence-electron chi connectivity index (χ3n) is 2.81. The van der Waals surface area contributed by atoms with Crippen molar-refractivity contribution in [2.45, 2.75) is 32.2 Å². The van der Waals surface area contributed by atoms with E-state index in [0.29, 0.717) is 18.3 Å². The highest BCUT2D eigenvalue weighted by Crippen LogP contribution is 2.42.